The zero-order valence-electron chi connectivity index (χ0n) is 13.6. The van der Waals surface area contributed by atoms with Crippen LogP contribution in [-0.2, 0) is 10.3 Å². The Kier molecular flexibility index (Phi) is 5.15. The Labute approximate surface area is 146 Å². The normalized spacial score (nSPS) is 26.4. The highest BCUT2D eigenvalue weighted by Crippen LogP contribution is 2.25. The number of rotatable bonds is 2. The average Bonchev–Trinajstić information content (AvgIpc) is 2.81. The van der Waals surface area contributed by atoms with Crippen molar-refractivity contribution in [3.8, 4) is 0 Å². The van der Waals surface area contributed by atoms with Crippen LogP contribution in [0, 0.1) is 0 Å². The molecule has 2 aliphatic heterocycles. The minimum absolute atomic E-state index is 0. The van der Waals surface area contributed by atoms with Crippen LogP contribution in [-0.4, -0.2) is 48.4 Å². The Morgan fingerprint density at radius 2 is 1.92 bits per heavy atom. The molecule has 7 nitrogen and oxygen atoms in total. The molecule has 4 amide bonds. The monoisotopic (exact) mass is 352 g/mol. The van der Waals surface area contributed by atoms with Crippen LogP contribution < -0.4 is 16.0 Å². The van der Waals surface area contributed by atoms with Gasteiger partial charge >= 0.3 is 6.03 Å². The number of urea groups is 1. The number of imide groups is 1. The predicted molar refractivity (Wildman–Crippen MR) is 91.1 cm³/mol. The molecule has 0 aromatic heterocycles. The van der Waals surface area contributed by atoms with Gasteiger partial charge in [-0.3, -0.25) is 14.9 Å². The van der Waals surface area contributed by atoms with E-state index in [1.165, 1.54) is 0 Å². The highest BCUT2D eigenvalue weighted by atomic mass is 35.5. The van der Waals surface area contributed by atoms with Gasteiger partial charge in [0.15, 0.2) is 0 Å². The van der Waals surface area contributed by atoms with Crippen LogP contribution in [0.15, 0.2) is 24.3 Å². The minimum Gasteiger partial charge on any atom is -0.333 e. The fourth-order valence-corrected chi connectivity index (χ4v) is 3.00. The van der Waals surface area contributed by atoms with E-state index < -0.39 is 17.5 Å². The molecule has 2 saturated heterocycles. The zero-order chi connectivity index (χ0) is 16.6. The lowest BCUT2D eigenvalue weighted by atomic mass is 9.91. The zero-order valence-corrected chi connectivity index (χ0v) is 14.4. The molecule has 0 aliphatic carbocycles. The highest BCUT2D eigenvalue weighted by molar-refractivity contribution is 6.07. The van der Waals surface area contributed by atoms with Crippen molar-refractivity contribution < 1.29 is 14.4 Å². The summed E-state index contributed by atoms with van der Waals surface area (Å²) in [5.74, 6) is -0.409. The number of carbonyl (C=O) groups excluding carboxylic acids is 3. The summed E-state index contributed by atoms with van der Waals surface area (Å²) in [4.78, 5) is 37.7. The first kappa shape index (κ1) is 18.2. The second-order valence-corrected chi connectivity index (χ2v) is 6.16. The van der Waals surface area contributed by atoms with Crippen LogP contribution in [0.2, 0.25) is 0 Å². The number of piperazine rings is 1. The molecule has 130 valence electrons. The van der Waals surface area contributed by atoms with E-state index in [0.29, 0.717) is 17.7 Å². The van der Waals surface area contributed by atoms with Crippen LogP contribution in [0.25, 0.3) is 0 Å². The molecule has 0 bridgehead atoms. The van der Waals surface area contributed by atoms with Gasteiger partial charge < -0.3 is 15.5 Å². The van der Waals surface area contributed by atoms with Gasteiger partial charge in [0.1, 0.15) is 5.54 Å². The van der Waals surface area contributed by atoms with Crippen molar-refractivity contribution in [3.05, 3.63) is 35.4 Å². The maximum Gasteiger partial charge on any atom is 0.322 e. The molecule has 0 radical (unpaired) electrons. The molecule has 1 unspecified atom stereocenters. The van der Waals surface area contributed by atoms with Crippen molar-refractivity contribution in [2.24, 2.45) is 0 Å². The maximum absolute atomic E-state index is 12.6. The van der Waals surface area contributed by atoms with Crippen LogP contribution >= 0.6 is 12.4 Å². The summed E-state index contributed by atoms with van der Waals surface area (Å²) in [6, 6.07) is 6.47. The van der Waals surface area contributed by atoms with E-state index in [0.717, 1.165) is 13.1 Å². The first-order valence-corrected chi connectivity index (χ1v) is 7.67. The quantitative estimate of drug-likeness (QED) is 0.680. The predicted octanol–water partition coefficient (Wildman–Crippen LogP) is 0.597. The lowest BCUT2D eigenvalue weighted by molar-refractivity contribution is -0.123. The molecule has 2 atom stereocenters. The number of benzene rings is 1. The van der Waals surface area contributed by atoms with E-state index in [4.69, 9.17) is 0 Å². The second-order valence-electron chi connectivity index (χ2n) is 6.16. The molecular weight excluding hydrogens is 332 g/mol. The molecule has 2 fully saturated rings. The van der Waals surface area contributed by atoms with Crippen molar-refractivity contribution in [3.63, 3.8) is 0 Å². The number of amides is 4. The Morgan fingerprint density at radius 1 is 1.25 bits per heavy atom. The number of nitrogens with zero attached hydrogens (tertiary/aromatic N) is 1. The largest absolute Gasteiger partial charge is 0.333 e. The van der Waals surface area contributed by atoms with Gasteiger partial charge in [-0.2, -0.15) is 0 Å². The summed E-state index contributed by atoms with van der Waals surface area (Å²) < 4.78 is 0. The topological polar surface area (TPSA) is 90.5 Å². The third kappa shape index (κ3) is 3.09. The first-order chi connectivity index (χ1) is 10.9. The van der Waals surface area contributed by atoms with E-state index in [2.05, 4.69) is 16.0 Å². The summed E-state index contributed by atoms with van der Waals surface area (Å²) in [6.45, 7) is 5.91. The maximum atomic E-state index is 12.6. The summed E-state index contributed by atoms with van der Waals surface area (Å²) in [5, 5.41) is 8.09. The van der Waals surface area contributed by atoms with Crippen LogP contribution in [0.5, 0.6) is 0 Å². The molecule has 1 aromatic carbocycles. The standard InChI is InChI=1S/C16H20N4O3.ClH/c1-10-9-17-7-8-20(10)13(21)11-3-5-12(6-4-11)16(2)14(22)18-15(23)19-16;/h3-6,10,17H,7-9H2,1-2H3,(H2,18,19,22,23);1H/t10-,16?;/m0./s1. The van der Waals surface area contributed by atoms with Crippen molar-refractivity contribution in [2.75, 3.05) is 19.6 Å². The van der Waals surface area contributed by atoms with Crippen molar-refractivity contribution >= 4 is 30.3 Å². The summed E-state index contributed by atoms with van der Waals surface area (Å²) in [6.07, 6.45) is 0. The fourth-order valence-electron chi connectivity index (χ4n) is 3.00. The van der Waals surface area contributed by atoms with Gasteiger partial charge in [0.05, 0.1) is 0 Å². The fraction of sp³-hybridized carbons (Fsp3) is 0.438. The molecule has 1 aromatic rings. The molecule has 3 N–H and O–H groups in total. The summed E-state index contributed by atoms with van der Waals surface area (Å²) in [7, 11) is 0. The number of hydrogen-bond acceptors (Lipinski definition) is 4. The molecule has 0 saturated carbocycles. The first-order valence-electron chi connectivity index (χ1n) is 7.67. The molecule has 2 heterocycles. The van der Waals surface area contributed by atoms with Gasteiger partial charge in [0.2, 0.25) is 0 Å². The molecule has 8 heteroatoms. The molecule has 24 heavy (non-hydrogen) atoms. The summed E-state index contributed by atoms with van der Waals surface area (Å²) in [5.41, 5.74) is 0.127. The third-order valence-electron chi connectivity index (χ3n) is 4.52. The highest BCUT2D eigenvalue weighted by Gasteiger charge is 2.43. The van der Waals surface area contributed by atoms with Gasteiger partial charge in [-0.25, -0.2) is 4.79 Å². The lowest BCUT2D eigenvalue weighted by Crippen LogP contribution is -2.52. The van der Waals surface area contributed by atoms with Gasteiger partial charge in [-0.1, -0.05) is 12.1 Å². The van der Waals surface area contributed by atoms with E-state index in [-0.39, 0.29) is 24.4 Å². The van der Waals surface area contributed by atoms with Crippen molar-refractivity contribution in [2.45, 2.75) is 25.4 Å². The molecular formula is C16H21ClN4O3. The number of halogens is 1. The minimum atomic E-state index is -1.10. The van der Waals surface area contributed by atoms with Gasteiger partial charge in [-0.15, -0.1) is 12.4 Å². The van der Waals surface area contributed by atoms with Crippen molar-refractivity contribution in [1.29, 1.82) is 0 Å². The Balaban J connectivity index is 0.00000208. The van der Waals surface area contributed by atoms with Gasteiger partial charge in [-0.05, 0) is 31.5 Å². The smallest absolute Gasteiger partial charge is 0.322 e. The second kappa shape index (κ2) is 6.78. The average molecular weight is 353 g/mol. The van der Waals surface area contributed by atoms with E-state index in [1.807, 2.05) is 11.8 Å². The van der Waals surface area contributed by atoms with Gasteiger partial charge in [0.25, 0.3) is 11.8 Å². The lowest BCUT2D eigenvalue weighted by Gasteiger charge is -2.34. The number of carbonyl (C=O) groups is 3. The van der Waals surface area contributed by atoms with Crippen LogP contribution in [0.3, 0.4) is 0 Å². The van der Waals surface area contributed by atoms with E-state index in [1.54, 1.807) is 31.2 Å². The van der Waals surface area contributed by atoms with Gasteiger partial charge in [0, 0.05) is 31.2 Å². The van der Waals surface area contributed by atoms with Crippen molar-refractivity contribution in [1.82, 2.24) is 20.9 Å². The third-order valence-corrected chi connectivity index (χ3v) is 4.52. The summed E-state index contributed by atoms with van der Waals surface area (Å²) >= 11 is 0. The van der Waals surface area contributed by atoms with Crippen LogP contribution in [0.4, 0.5) is 4.79 Å². The Hall–Kier alpha value is -2.12. The Morgan fingerprint density at radius 3 is 2.46 bits per heavy atom. The number of hydrogen-bond donors (Lipinski definition) is 3. The molecule has 3 rings (SSSR count). The van der Waals surface area contributed by atoms with Crippen LogP contribution in [0.1, 0.15) is 29.8 Å². The molecule has 0 spiro atoms. The van der Waals surface area contributed by atoms with E-state index >= 15 is 0 Å². The Bertz CT molecular complexity index is 664. The van der Waals surface area contributed by atoms with E-state index in [9.17, 15) is 14.4 Å². The molecule has 2 aliphatic rings. The SMILES string of the molecule is C[C@H]1CNCCN1C(=O)c1ccc(C2(C)NC(=O)NC2=O)cc1.Cl. The number of nitrogens with one attached hydrogen (secondary N) is 3.